The Morgan fingerprint density at radius 2 is 2.24 bits per heavy atom. The van der Waals surface area contributed by atoms with Crippen LogP contribution in [-0.2, 0) is 6.54 Å². The molecule has 0 bridgehead atoms. The molecule has 0 saturated heterocycles. The second-order valence-electron chi connectivity index (χ2n) is 4.12. The van der Waals surface area contributed by atoms with Crippen LogP contribution in [0.2, 0.25) is 0 Å². The molecular weight excluding hydrogens is 230 g/mol. The van der Waals surface area contributed by atoms with E-state index < -0.39 is 0 Å². The van der Waals surface area contributed by atoms with Crippen molar-refractivity contribution in [2.45, 2.75) is 13.5 Å². The highest BCUT2D eigenvalue weighted by molar-refractivity contribution is 7.09. The summed E-state index contributed by atoms with van der Waals surface area (Å²) in [5.41, 5.74) is 8.89. The molecule has 3 rings (SSSR count). The van der Waals surface area contributed by atoms with Gasteiger partial charge in [-0.1, -0.05) is 6.07 Å². The number of aromatic nitrogens is 2. The van der Waals surface area contributed by atoms with Crippen molar-refractivity contribution in [1.82, 2.24) is 9.55 Å². The van der Waals surface area contributed by atoms with Gasteiger partial charge in [0.2, 0.25) is 0 Å². The highest BCUT2D eigenvalue weighted by Crippen LogP contribution is 2.20. The van der Waals surface area contributed by atoms with Crippen molar-refractivity contribution in [2.75, 3.05) is 5.73 Å². The van der Waals surface area contributed by atoms with Gasteiger partial charge in [0.25, 0.3) is 0 Å². The number of nitrogens with zero attached hydrogens (tertiary/aromatic N) is 2. The van der Waals surface area contributed by atoms with Crippen molar-refractivity contribution in [3.05, 3.63) is 46.5 Å². The SMILES string of the molecule is Cc1nc(Cn2ccc3ccc(N)cc32)cs1. The minimum atomic E-state index is 0.798. The van der Waals surface area contributed by atoms with Crippen molar-refractivity contribution in [3.63, 3.8) is 0 Å². The van der Waals surface area contributed by atoms with Crippen LogP contribution in [0.5, 0.6) is 0 Å². The Morgan fingerprint density at radius 1 is 1.35 bits per heavy atom. The molecule has 0 aliphatic heterocycles. The number of thiazole rings is 1. The Morgan fingerprint density at radius 3 is 3.00 bits per heavy atom. The molecule has 17 heavy (non-hydrogen) atoms. The van der Waals surface area contributed by atoms with E-state index >= 15 is 0 Å². The van der Waals surface area contributed by atoms with Crippen LogP contribution in [0.4, 0.5) is 5.69 Å². The largest absolute Gasteiger partial charge is 0.399 e. The zero-order chi connectivity index (χ0) is 11.8. The van der Waals surface area contributed by atoms with Crippen LogP contribution < -0.4 is 5.73 Å². The number of anilines is 1. The zero-order valence-electron chi connectivity index (χ0n) is 9.55. The minimum Gasteiger partial charge on any atom is -0.399 e. The smallest absolute Gasteiger partial charge is 0.0898 e. The molecule has 0 unspecified atom stereocenters. The molecule has 0 aliphatic carbocycles. The van der Waals surface area contributed by atoms with Gasteiger partial charge in [-0.05, 0) is 30.5 Å². The molecule has 2 heterocycles. The fraction of sp³-hybridized carbons (Fsp3) is 0.154. The van der Waals surface area contributed by atoms with Gasteiger partial charge < -0.3 is 10.3 Å². The van der Waals surface area contributed by atoms with Gasteiger partial charge in [0.05, 0.1) is 22.8 Å². The molecule has 0 saturated carbocycles. The topological polar surface area (TPSA) is 43.8 Å². The lowest BCUT2D eigenvalue weighted by atomic mass is 10.2. The second kappa shape index (κ2) is 3.89. The first-order valence-corrected chi connectivity index (χ1v) is 6.36. The highest BCUT2D eigenvalue weighted by Gasteiger charge is 2.04. The number of aryl methyl sites for hydroxylation is 1. The minimum absolute atomic E-state index is 0.798. The summed E-state index contributed by atoms with van der Waals surface area (Å²) in [6.07, 6.45) is 2.08. The number of hydrogen-bond acceptors (Lipinski definition) is 3. The van der Waals surface area contributed by atoms with E-state index in [-0.39, 0.29) is 0 Å². The average Bonchev–Trinajstić information content (AvgIpc) is 2.87. The lowest BCUT2D eigenvalue weighted by molar-refractivity contribution is 0.812. The quantitative estimate of drug-likeness (QED) is 0.703. The van der Waals surface area contributed by atoms with E-state index in [1.54, 1.807) is 11.3 Å². The molecule has 0 radical (unpaired) electrons. The van der Waals surface area contributed by atoms with Crippen LogP contribution in [0, 0.1) is 6.92 Å². The van der Waals surface area contributed by atoms with Crippen LogP contribution in [0.3, 0.4) is 0 Å². The van der Waals surface area contributed by atoms with E-state index in [1.807, 2.05) is 25.1 Å². The normalized spacial score (nSPS) is 11.1. The van der Waals surface area contributed by atoms with Crippen molar-refractivity contribution >= 4 is 27.9 Å². The fourth-order valence-electron chi connectivity index (χ4n) is 1.99. The number of benzene rings is 1. The van der Waals surface area contributed by atoms with Crippen molar-refractivity contribution < 1.29 is 0 Å². The summed E-state index contributed by atoms with van der Waals surface area (Å²) in [7, 11) is 0. The third-order valence-corrected chi connectivity index (χ3v) is 3.62. The Kier molecular flexibility index (Phi) is 2.37. The molecule has 1 aromatic carbocycles. The average molecular weight is 243 g/mol. The monoisotopic (exact) mass is 243 g/mol. The Balaban J connectivity index is 2.03. The Hall–Kier alpha value is -1.81. The van der Waals surface area contributed by atoms with Gasteiger partial charge in [-0.3, -0.25) is 0 Å². The van der Waals surface area contributed by atoms with E-state index in [1.165, 1.54) is 5.39 Å². The summed E-state index contributed by atoms with van der Waals surface area (Å²) < 4.78 is 2.18. The van der Waals surface area contributed by atoms with Crippen molar-refractivity contribution in [3.8, 4) is 0 Å². The number of fused-ring (bicyclic) bond motifs is 1. The number of nitrogens with two attached hydrogens (primary N) is 1. The first-order chi connectivity index (χ1) is 8.22. The fourth-order valence-corrected chi connectivity index (χ4v) is 2.60. The summed E-state index contributed by atoms with van der Waals surface area (Å²) >= 11 is 1.69. The predicted octanol–water partition coefficient (Wildman–Crippen LogP) is 3.04. The van der Waals surface area contributed by atoms with Gasteiger partial charge in [-0.25, -0.2) is 4.98 Å². The maximum Gasteiger partial charge on any atom is 0.0898 e. The molecule has 0 fully saturated rings. The van der Waals surface area contributed by atoms with Crippen LogP contribution in [0.25, 0.3) is 10.9 Å². The zero-order valence-corrected chi connectivity index (χ0v) is 10.4. The molecule has 3 nitrogen and oxygen atoms in total. The predicted molar refractivity (Wildman–Crippen MR) is 72.3 cm³/mol. The Labute approximate surface area is 104 Å². The van der Waals surface area contributed by atoms with Gasteiger partial charge in [-0.2, -0.15) is 0 Å². The molecule has 0 atom stereocenters. The van der Waals surface area contributed by atoms with Crippen LogP contribution in [0.1, 0.15) is 10.7 Å². The van der Waals surface area contributed by atoms with E-state index in [4.69, 9.17) is 5.73 Å². The van der Waals surface area contributed by atoms with E-state index in [2.05, 4.69) is 27.2 Å². The van der Waals surface area contributed by atoms with Gasteiger partial charge in [0.1, 0.15) is 0 Å². The molecule has 86 valence electrons. The van der Waals surface area contributed by atoms with E-state index in [0.29, 0.717) is 0 Å². The molecule has 2 N–H and O–H groups in total. The maximum absolute atomic E-state index is 5.82. The second-order valence-corrected chi connectivity index (χ2v) is 5.18. The first-order valence-electron chi connectivity index (χ1n) is 5.48. The third-order valence-electron chi connectivity index (χ3n) is 2.80. The van der Waals surface area contributed by atoms with Crippen molar-refractivity contribution in [1.29, 1.82) is 0 Å². The summed E-state index contributed by atoms with van der Waals surface area (Å²) in [5.74, 6) is 0. The lowest BCUT2D eigenvalue weighted by Gasteiger charge is -2.03. The van der Waals surface area contributed by atoms with Crippen LogP contribution in [-0.4, -0.2) is 9.55 Å². The van der Waals surface area contributed by atoms with Crippen molar-refractivity contribution in [2.24, 2.45) is 0 Å². The molecule has 0 spiro atoms. The lowest BCUT2D eigenvalue weighted by Crippen LogP contribution is -1.98. The Bertz CT molecular complexity index is 666. The summed E-state index contributed by atoms with van der Waals surface area (Å²) in [6.45, 7) is 2.83. The van der Waals surface area contributed by atoms with Gasteiger partial charge >= 0.3 is 0 Å². The molecule has 0 aliphatic rings. The molecule has 2 aromatic heterocycles. The highest BCUT2D eigenvalue weighted by atomic mass is 32.1. The van der Waals surface area contributed by atoms with Gasteiger partial charge in [0.15, 0.2) is 0 Å². The number of nitrogen functional groups attached to an aromatic ring is 1. The molecule has 0 amide bonds. The number of hydrogen-bond donors (Lipinski definition) is 1. The van der Waals surface area contributed by atoms with E-state index in [0.717, 1.165) is 28.5 Å². The molecule has 3 aromatic rings. The third kappa shape index (κ3) is 1.91. The maximum atomic E-state index is 5.82. The standard InChI is InChI=1S/C13H13N3S/c1-9-15-12(8-17-9)7-16-5-4-10-2-3-11(14)6-13(10)16/h2-6,8H,7,14H2,1H3. The summed E-state index contributed by atoms with van der Waals surface area (Å²) in [6, 6.07) is 8.09. The van der Waals surface area contributed by atoms with Gasteiger partial charge in [0, 0.05) is 17.3 Å². The van der Waals surface area contributed by atoms with Gasteiger partial charge in [-0.15, -0.1) is 11.3 Å². The van der Waals surface area contributed by atoms with Crippen LogP contribution >= 0.6 is 11.3 Å². The summed E-state index contributed by atoms with van der Waals surface area (Å²) in [4.78, 5) is 4.48. The van der Waals surface area contributed by atoms with E-state index in [9.17, 15) is 0 Å². The number of rotatable bonds is 2. The molecular formula is C13H13N3S. The molecule has 4 heteroatoms. The summed E-state index contributed by atoms with van der Waals surface area (Å²) in [5, 5.41) is 4.43. The first kappa shape index (κ1) is 10.4. The van der Waals surface area contributed by atoms with Crippen LogP contribution in [0.15, 0.2) is 35.8 Å².